The standard InChI is InChI=1S/C47H48/c1-33-39(34-25-15-16-26-34)38(40(35-21-11-9-12-22-35)36-23-13-10-14-24-36)31-37-32-45(6)43(4)29-18-17-27-41(43,2)42(3)28-19-20-30-44(42,5)47(45,8)46(33,37)7/h9-25,27-31H,26H2,1-8H3. The monoisotopic (exact) mass is 612 g/mol. The fourth-order valence-corrected chi connectivity index (χ4v) is 11.8. The van der Waals surface area contributed by atoms with E-state index < -0.39 is 0 Å². The van der Waals surface area contributed by atoms with E-state index in [9.17, 15) is 0 Å². The van der Waals surface area contributed by atoms with Crippen molar-refractivity contribution in [1.29, 1.82) is 0 Å². The van der Waals surface area contributed by atoms with Gasteiger partial charge in [0.25, 0.3) is 0 Å². The summed E-state index contributed by atoms with van der Waals surface area (Å²) < 4.78 is 0. The first-order valence-electron chi connectivity index (χ1n) is 17.5. The van der Waals surface area contributed by atoms with Crippen molar-refractivity contribution in [3.63, 3.8) is 0 Å². The predicted molar refractivity (Wildman–Crippen MR) is 198 cm³/mol. The van der Waals surface area contributed by atoms with Gasteiger partial charge in [-0.2, -0.15) is 0 Å². The van der Waals surface area contributed by atoms with E-state index in [2.05, 4.69) is 195 Å². The largest absolute Gasteiger partial charge is 0.0801 e. The first-order valence-corrected chi connectivity index (χ1v) is 17.5. The molecule has 0 heteroatoms. The third-order valence-corrected chi connectivity index (χ3v) is 15.3. The average Bonchev–Trinajstić information content (AvgIpc) is 3.67. The van der Waals surface area contributed by atoms with Gasteiger partial charge in [-0.25, -0.2) is 0 Å². The molecule has 6 aliphatic rings. The van der Waals surface area contributed by atoms with E-state index in [4.69, 9.17) is 0 Å². The van der Waals surface area contributed by atoms with E-state index in [1.807, 2.05) is 0 Å². The van der Waals surface area contributed by atoms with Gasteiger partial charge in [0, 0.05) is 33.5 Å². The van der Waals surface area contributed by atoms with Crippen LogP contribution in [-0.2, 0) is 0 Å². The van der Waals surface area contributed by atoms with Crippen LogP contribution in [0, 0.1) is 44.3 Å². The summed E-state index contributed by atoms with van der Waals surface area (Å²) in [6, 6.07) is 22.0. The summed E-state index contributed by atoms with van der Waals surface area (Å²) in [7, 11) is 0. The minimum Gasteiger partial charge on any atom is -0.0801 e. The third kappa shape index (κ3) is 3.22. The Morgan fingerprint density at radius 2 is 1.13 bits per heavy atom. The lowest BCUT2D eigenvalue weighted by Crippen LogP contribution is -2.75. The topological polar surface area (TPSA) is 0 Å². The van der Waals surface area contributed by atoms with Crippen LogP contribution in [0.25, 0.3) is 5.57 Å². The summed E-state index contributed by atoms with van der Waals surface area (Å²) >= 11 is 0. The van der Waals surface area contributed by atoms with Crippen LogP contribution >= 0.6 is 0 Å². The van der Waals surface area contributed by atoms with Crippen molar-refractivity contribution in [1.82, 2.24) is 0 Å². The highest BCUT2D eigenvalue weighted by atomic mass is 14.9. The normalized spacial score (nSPS) is 40.9. The molecule has 6 aliphatic carbocycles. The lowest BCUT2D eigenvalue weighted by atomic mass is 9.24. The van der Waals surface area contributed by atoms with Crippen LogP contribution in [0.5, 0.6) is 0 Å². The van der Waals surface area contributed by atoms with Crippen molar-refractivity contribution >= 4 is 5.57 Å². The maximum absolute atomic E-state index is 4.44. The summed E-state index contributed by atoms with van der Waals surface area (Å²) in [5.41, 5.74) is 9.34. The van der Waals surface area contributed by atoms with Gasteiger partial charge in [-0.3, -0.25) is 0 Å². The Morgan fingerprint density at radius 1 is 0.617 bits per heavy atom. The van der Waals surface area contributed by atoms with Crippen LogP contribution < -0.4 is 0 Å². The Kier molecular flexibility index (Phi) is 6.21. The molecule has 0 bridgehead atoms. The number of hydrogen-bond donors (Lipinski definition) is 0. The highest BCUT2D eigenvalue weighted by Crippen LogP contribution is 2.89. The molecule has 7 unspecified atom stereocenters. The van der Waals surface area contributed by atoms with Gasteiger partial charge in [0.1, 0.15) is 0 Å². The van der Waals surface area contributed by atoms with E-state index in [1.54, 1.807) is 0 Å². The molecule has 2 radical (unpaired) electrons. The van der Waals surface area contributed by atoms with Crippen LogP contribution in [0.3, 0.4) is 0 Å². The second kappa shape index (κ2) is 9.59. The van der Waals surface area contributed by atoms with Gasteiger partial charge < -0.3 is 0 Å². The summed E-state index contributed by atoms with van der Waals surface area (Å²) in [5.74, 6) is 0. The van der Waals surface area contributed by atoms with Crippen molar-refractivity contribution in [3.05, 3.63) is 179 Å². The van der Waals surface area contributed by atoms with Crippen LogP contribution in [0.15, 0.2) is 161 Å². The smallest absolute Gasteiger partial charge is 0.0210 e. The molecule has 47 heavy (non-hydrogen) atoms. The first kappa shape index (κ1) is 30.4. The molecule has 2 fully saturated rings. The third-order valence-electron chi connectivity index (χ3n) is 15.3. The zero-order chi connectivity index (χ0) is 33.1. The number of benzene rings is 2. The molecule has 0 aliphatic heterocycles. The van der Waals surface area contributed by atoms with Crippen molar-refractivity contribution < 1.29 is 0 Å². The Balaban J connectivity index is 1.51. The molecule has 7 atom stereocenters. The number of rotatable bonds is 3. The van der Waals surface area contributed by atoms with Crippen LogP contribution in [-0.4, -0.2) is 0 Å². The summed E-state index contributed by atoms with van der Waals surface area (Å²) in [6.07, 6.45) is 34.3. The Hall–Kier alpha value is -3.90. The van der Waals surface area contributed by atoms with Crippen LogP contribution in [0.2, 0.25) is 0 Å². The van der Waals surface area contributed by atoms with E-state index >= 15 is 0 Å². The minimum atomic E-state index is -0.288. The lowest BCUT2D eigenvalue weighted by Gasteiger charge is -2.79. The van der Waals surface area contributed by atoms with Gasteiger partial charge in [0.2, 0.25) is 0 Å². The minimum absolute atomic E-state index is 0.132. The van der Waals surface area contributed by atoms with E-state index in [1.165, 1.54) is 44.6 Å². The molecule has 236 valence electrons. The highest BCUT2D eigenvalue weighted by Gasteiger charge is 2.84. The maximum atomic E-state index is 4.44. The summed E-state index contributed by atoms with van der Waals surface area (Å²) in [4.78, 5) is 0. The van der Waals surface area contributed by atoms with Crippen molar-refractivity contribution in [2.24, 2.45) is 37.9 Å². The molecule has 2 aromatic rings. The zero-order valence-corrected chi connectivity index (χ0v) is 29.4. The first-order chi connectivity index (χ1) is 22.3. The molecule has 0 heterocycles. The van der Waals surface area contributed by atoms with Gasteiger partial charge in [0.05, 0.1) is 0 Å². The molecule has 0 spiro atoms. The van der Waals surface area contributed by atoms with Crippen molar-refractivity contribution in [2.45, 2.75) is 61.8 Å². The van der Waals surface area contributed by atoms with E-state index in [0.717, 1.165) is 6.42 Å². The van der Waals surface area contributed by atoms with Gasteiger partial charge in [-0.1, -0.05) is 193 Å². The predicted octanol–water partition coefficient (Wildman–Crippen LogP) is 12.0. The molecular formula is C47H48. The van der Waals surface area contributed by atoms with E-state index in [0.29, 0.717) is 0 Å². The number of allylic oxidation sites excluding steroid dienone is 17. The van der Waals surface area contributed by atoms with E-state index in [-0.39, 0.29) is 37.9 Å². The molecule has 0 aromatic heterocycles. The van der Waals surface area contributed by atoms with Gasteiger partial charge in [0.15, 0.2) is 0 Å². The highest BCUT2D eigenvalue weighted by molar-refractivity contribution is 5.89. The second-order valence-corrected chi connectivity index (χ2v) is 16.1. The average molecular weight is 613 g/mol. The second-order valence-electron chi connectivity index (χ2n) is 16.1. The molecular weight excluding hydrogens is 565 g/mol. The fourth-order valence-electron chi connectivity index (χ4n) is 11.8. The zero-order valence-electron chi connectivity index (χ0n) is 29.4. The number of fused-ring (bicyclic) bond motifs is 8. The van der Waals surface area contributed by atoms with Gasteiger partial charge >= 0.3 is 0 Å². The molecule has 2 aromatic carbocycles. The molecule has 8 rings (SSSR count). The summed E-state index contributed by atoms with van der Waals surface area (Å²) in [6.45, 7) is 20.4. The Labute approximate surface area is 283 Å². The van der Waals surface area contributed by atoms with Crippen LogP contribution in [0.1, 0.15) is 72.9 Å². The van der Waals surface area contributed by atoms with Crippen molar-refractivity contribution in [2.75, 3.05) is 0 Å². The lowest BCUT2D eigenvalue weighted by molar-refractivity contribution is -0.253. The van der Waals surface area contributed by atoms with Gasteiger partial charge in [-0.15, -0.1) is 0 Å². The summed E-state index contributed by atoms with van der Waals surface area (Å²) in [5, 5.41) is 0. The van der Waals surface area contributed by atoms with Gasteiger partial charge in [-0.05, 0) is 57.6 Å². The Morgan fingerprint density at radius 3 is 1.66 bits per heavy atom. The molecule has 0 N–H and O–H groups in total. The quantitative estimate of drug-likeness (QED) is 0.323. The van der Waals surface area contributed by atoms with Crippen molar-refractivity contribution in [3.8, 4) is 0 Å². The van der Waals surface area contributed by atoms with Crippen LogP contribution in [0.4, 0.5) is 0 Å². The fraction of sp³-hybridized carbons (Fsp3) is 0.340. The number of hydrogen-bond acceptors (Lipinski definition) is 0. The maximum Gasteiger partial charge on any atom is 0.0210 e. The molecule has 0 saturated heterocycles. The Bertz CT molecular complexity index is 1930. The molecule has 0 nitrogen and oxygen atoms in total. The molecule has 0 amide bonds. The molecule has 2 saturated carbocycles. The SMILES string of the molecule is CC1=C(C2=CC=CC2)C(=C(c2ccccc2)c2ccccc2)C=C2[C]C3(C)C4(C)C=CC=CC4(C)C4(C)C=CC=CC4(C)C3(C)C21C.